The highest BCUT2D eigenvalue weighted by molar-refractivity contribution is 9.10. The lowest BCUT2D eigenvalue weighted by Crippen LogP contribution is -2.30. The van der Waals surface area contributed by atoms with Gasteiger partial charge >= 0.3 is 0 Å². The van der Waals surface area contributed by atoms with Gasteiger partial charge < -0.3 is 10.0 Å². The minimum Gasteiger partial charge on any atom is -0.507 e. The molecule has 0 fully saturated rings. The largest absolute Gasteiger partial charge is 0.507 e. The van der Waals surface area contributed by atoms with Crippen LogP contribution in [0.1, 0.15) is 27.9 Å². The summed E-state index contributed by atoms with van der Waals surface area (Å²) in [6, 6.07) is 13.2. The Balaban J connectivity index is 1.86. The van der Waals surface area contributed by atoms with Crippen molar-refractivity contribution < 1.29 is 9.90 Å². The van der Waals surface area contributed by atoms with E-state index in [1.807, 2.05) is 17.0 Å². The molecule has 2 aromatic carbocycles. The number of aryl methyl sites for hydroxylation is 1. The molecular weight excluding hydrogens is 330 g/mol. The summed E-state index contributed by atoms with van der Waals surface area (Å²) >= 11 is 3.23. The Labute approximate surface area is 132 Å². The van der Waals surface area contributed by atoms with Crippen molar-refractivity contribution >= 4 is 21.8 Å². The van der Waals surface area contributed by atoms with Gasteiger partial charge in [0.15, 0.2) is 0 Å². The van der Waals surface area contributed by atoms with Gasteiger partial charge in [-0.2, -0.15) is 0 Å². The molecule has 3 nitrogen and oxygen atoms in total. The van der Waals surface area contributed by atoms with Gasteiger partial charge in [0.2, 0.25) is 0 Å². The molecule has 1 aliphatic heterocycles. The number of halogens is 1. The van der Waals surface area contributed by atoms with Crippen molar-refractivity contribution in [2.75, 3.05) is 6.54 Å². The van der Waals surface area contributed by atoms with Crippen LogP contribution in [0.4, 0.5) is 0 Å². The molecule has 108 valence electrons. The molecule has 0 atom stereocenters. The predicted molar refractivity (Wildman–Crippen MR) is 85.3 cm³/mol. The van der Waals surface area contributed by atoms with Crippen LogP contribution in [-0.4, -0.2) is 22.5 Å². The number of carbonyl (C=O) groups excluding carboxylic acids is 1. The van der Waals surface area contributed by atoms with E-state index in [0.717, 1.165) is 19.4 Å². The first kappa shape index (κ1) is 14.1. The van der Waals surface area contributed by atoms with Crippen molar-refractivity contribution in [1.82, 2.24) is 4.90 Å². The summed E-state index contributed by atoms with van der Waals surface area (Å²) in [5.41, 5.74) is 3.06. The van der Waals surface area contributed by atoms with Crippen molar-refractivity contribution in [1.29, 1.82) is 0 Å². The quantitative estimate of drug-likeness (QED) is 0.855. The first-order chi connectivity index (χ1) is 10.1. The molecule has 1 amide bonds. The lowest BCUT2D eigenvalue weighted by Gasteiger charge is -2.21. The molecule has 2 aromatic rings. The highest BCUT2D eigenvalue weighted by atomic mass is 79.9. The highest BCUT2D eigenvalue weighted by Gasteiger charge is 2.20. The Kier molecular flexibility index (Phi) is 3.97. The Morgan fingerprint density at radius 3 is 2.67 bits per heavy atom. The van der Waals surface area contributed by atoms with E-state index >= 15 is 0 Å². The number of aromatic hydroxyl groups is 1. The summed E-state index contributed by atoms with van der Waals surface area (Å²) in [5, 5.41) is 9.74. The molecule has 0 unspecified atom stereocenters. The standard InChI is InChI=1S/C17H16BrNO2/c18-15-8-7-13(10-16(15)20)17(21)19-9-3-6-12-4-1-2-5-14(12)11-19/h1-2,4-5,7-8,10,20H,3,6,9,11H2. The van der Waals surface area contributed by atoms with Crippen LogP contribution in [-0.2, 0) is 13.0 Å². The zero-order chi connectivity index (χ0) is 14.8. The van der Waals surface area contributed by atoms with Crippen LogP contribution in [0.3, 0.4) is 0 Å². The minimum atomic E-state index is -0.0329. The van der Waals surface area contributed by atoms with Crippen molar-refractivity contribution in [3.8, 4) is 5.75 Å². The van der Waals surface area contributed by atoms with Crippen molar-refractivity contribution in [2.45, 2.75) is 19.4 Å². The van der Waals surface area contributed by atoms with Gasteiger partial charge in [-0.05, 0) is 58.1 Å². The lowest BCUT2D eigenvalue weighted by atomic mass is 10.0. The second-order valence-corrected chi connectivity index (χ2v) is 6.12. The molecular formula is C17H16BrNO2. The summed E-state index contributed by atoms with van der Waals surface area (Å²) in [6.45, 7) is 1.37. The topological polar surface area (TPSA) is 40.5 Å². The van der Waals surface area contributed by atoms with Crippen LogP contribution in [0.5, 0.6) is 5.75 Å². The molecule has 0 bridgehead atoms. The molecule has 1 heterocycles. The van der Waals surface area contributed by atoms with E-state index in [1.54, 1.807) is 12.1 Å². The number of carbonyl (C=O) groups is 1. The number of hydrogen-bond donors (Lipinski definition) is 1. The Bertz CT molecular complexity index is 684. The number of fused-ring (bicyclic) bond motifs is 1. The van der Waals surface area contributed by atoms with Crippen molar-refractivity contribution in [3.63, 3.8) is 0 Å². The second-order valence-electron chi connectivity index (χ2n) is 5.27. The monoisotopic (exact) mass is 345 g/mol. The van der Waals surface area contributed by atoms with Gasteiger partial charge in [0, 0.05) is 18.7 Å². The summed E-state index contributed by atoms with van der Waals surface area (Å²) in [5.74, 6) is 0.0607. The van der Waals surface area contributed by atoms with Crippen LogP contribution in [0.25, 0.3) is 0 Å². The van der Waals surface area contributed by atoms with E-state index in [4.69, 9.17) is 0 Å². The van der Waals surface area contributed by atoms with Gasteiger partial charge in [-0.1, -0.05) is 24.3 Å². The molecule has 0 aromatic heterocycles. The van der Waals surface area contributed by atoms with Crippen LogP contribution in [0.2, 0.25) is 0 Å². The molecule has 0 spiro atoms. The summed E-state index contributed by atoms with van der Waals surface area (Å²) < 4.78 is 0.597. The van der Waals surface area contributed by atoms with E-state index in [1.165, 1.54) is 17.2 Å². The number of benzene rings is 2. The fourth-order valence-corrected chi connectivity index (χ4v) is 2.95. The summed E-state index contributed by atoms with van der Waals surface area (Å²) in [6.07, 6.45) is 1.97. The maximum atomic E-state index is 12.6. The third-order valence-corrected chi connectivity index (χ3v) is 4.50. The minimum absolute atomic E-state index is 0.0329. The van der Waals surface area contributed by atoms with Crippen molar-refractivity contribution in [3.05, 3.63) is 63.6 Å². The smallest absolute Gasteiger partial charge is 0.254 e. The second kappa shape index (κ2) is 5.90. The van der Waals surface area contributed by atoms with Crippen LogP contribution in [0.15, 0.2) is 46.9 Å². The predicted octanol–water partition coefficient (Wildman–Crippen LogP) is 3.74. The molecule has 0 saturated heterocycles. The average Bonchev–Trinajstić information content (AvgIpc) is 2.71. The normalized spacial score (nSPS) is 14.4. The molecule has 3 rings (SSSR count). The number of phenolic OH excluding ortho intramolecular Hbond substituents is 1. The molecule has 21 heavy (non-hydrogen) atoms. The van der Waals surface area contributed by atoms with Gasteiger partial charge in [-0.15, -0.1) is 0 Å². The van der Waals surface area contributed by atoms with Crippen LogP contribution < -0.4 is 0 Å². The van der Waals surface area contributed by atoms with E-state index in [0.29, 0.717) is 16.6 Å². The third kappa shape index (κ3) is 2.95. The zero-order valence-corrected chi connectivity index (χ0v) is 13.1. The van der Waals surface area contributed by atoms with E-state index in [9.17, 15) is 9.90 Å². The summed E-state index contributed by atoms with van der Waals surface area (Å²) in [4.78, 5) is 14.5. The van der Waals surface area contributed by atoms with Gasteiger partial charge in [-0.3, -0.25) is 4.79 Å². The number of hydrogen-bond acceptors (Lipinski definition) is 2. The maximum absolute atomic E-state index is 12.6. The summed E-state index contributed by atoms with van der Waals surface area (Å²) in [7, 11) is 0. The number of rotatable bonds is 1. The number of amides is 1. The van der Waals surface area contributed by atoms with Gasteiger partial charge in [0.1, 0.15) is 5.75 Å². The molecule has 1 aliphatic rings. The van der Waals surface area contributed by atoms with Gasteiger partial charge in [0.05, 0.1) is 4.47 Å². The molecule has 4 heteroatoms. The Morgan fingerprint density at radius 1 is 1.14 bits per heavy atom. The van der Waals surface area contributed by atoms with Crippen molar-refractivity contribution in [2.24, 2.45) is 0 Å². The SMILES string of the molecule is O=C(c1ccc(Br)c(O)c1)N1CCCc2ccccc2C1. The molecule has 0 radical (unpaired) electrons. The average molecular weight is 346 g/mol. The van der Waals surface area contributed by atoms with E-state index in [2.05, 4.69) is 28.1 Å². The Hall–Kier alpha value is -1.81. The molecule has 1 N–H and O–H groups in total. The number of nitrogens with zero attached hydrogens (tertiary/aromatic N) is 1. The third-order valence-electron chi connectivity index (χ3n) is 3.83. The Morgan fingerprint density at radius 2 is 1.90 bits per heavy atom. The van der Waals surface area contributed by atoms with Gasteiger partial charge in [-0.25, -0.2) is 0 Å². The van der Waals surface area contributed by atoms with Crippen LogP contribution >= 0.6 is 15.9 Å². The zero-order valence-electron chi connectivity index (χ0n) is 11.6. The molecule has 0 aliphatic carbocycles. The highest BCUT2D eigenvalue weighted by Crippen LogP contribution is 2.26. The fraction of sp³-hybridized carbons (Fsp3) is 0.235. The first-order valence-electron chi connectivity index (χ1n) is 7.00. The molecule has 0 saturated carbocycles. The van der Waals surface area contributed by atoms with Gasteiger partial charge in [0.25, 0.3) is 5.91 Å². The van der Waals surface area contributed by atoms with E-state index in [-0.39, 0.29) is 11.7 Å². The lowest BCUT2D eigenvalue weighted by molar-refractivity contribution is 0.0745. The first-order valence-corrected chi connectivity index (χ1v) is 7.79. The maximum Gasteiger partial charge on any atom is 0.254 e. The van der Waals surface area contributed by atoms with E-state index < -0.39 is 0 Å². The van der Waals surface area contributed by atoms with Crippen LogP contribution in [0, 0.1) is 0 Å². The fourth-order valence-electron chi connectivity index (χ4n) is 2.70. The number of phenols is 1.